The predicted octanol–water partition coefficient (Wildman–Crippen LogP) is 3.89. The molecule has 26 heavy (non-hydrogen) atoms. The Morgan fingerprint density at radius 3 is 2.50 bits per heavy atom. The molecule has 5 nitrogen and oxygen atoms in total. The van der Waals surface area contributed by atoms with E-state index in [0.717, 1.165) is 42.2 Å². The molecule has 2 aromatic rings. The number of carbonyl (C=O) groups is 2. The number of hydrogen-bond acceptors (Lipinski definition) is 4. The average molecular weight is 417 g/mol. The Kier molecular flexibility index (Phi) is 6.41. The second-order valence-corrected chi connectivity index (χ2v) is 7.04. The van der Waals surface area contributed by atoms with Gasteiger partial charge in [0.1, 0.15) is 0 Å². The Balaban J connectivity index is 1.53. The molecule has 0 aliphatic carbocycles. The second kappa shape index (κ2) is 8.96. The number of morpholine rings is 1. The third-order valence-corrected chi connectivity index (χ3v) is 4.78. The minimum absolute atomic E-state index is 0.0327. The van der Waals surface area contributed by atoms with Crippen molar-refractivity contribution in [3.8, 4) is 0 Å². The monoisotopic (exact) mass is 416 g/mol. The number of nitrogens with zero attached hydrogens (tertiary/aromatic N) is 1. The number of halogens is 1. The topological polar surface area (TPSA) is 58.6 Å². The highest BCUT2D eigenvalue weighted by atomic mass is 79.9. The number of ether oxygens (including phenoxy) is 1. The Morgan fingerprint density at radius 1 is 1.04 bits per heavy atom. The number of nitrogens with one attached hydrogen (secondary N) is 1. The molecule has 3 rings (SSSR count). The lowest BCUT2D eigenvalue weighted by Gasteiger charge is -2.29. The summed E-state index contributed by atoms with van der Waals surface area (Å²) in [5, 5.41) is 2.88. The van der Waals surface area contributed by atoms with E-state index in [1.807, 2.05) is 36.4 Å². The van der Waals surface area contributed by atoms with Crippen LogP contribution in [0, 0.1) is 0 Å². The minimum Gasteiger partial charge on any atom is -0.378 e. The van der Waals surface area contributed by atoms with Gasteiger partial charge in [-0.2, -0.15) is 0 Å². The molecular weight excluding hydrogens is 396 g/mol. The normalized spacial score (nSPS) is 14.1. The number of Topliss-reactive ketones (excluding diaryl/α,β-unsaturated/α-hetero) is 1. The summed E-state index contributed by atoms with van der Waals surface area (Å²) in [7, 11) is 0. The molecule has 1 heterocycles. The Bertz CT molecular complexity index is 771. The van der Waals surface area contributed by atoms with Gasteiger partial charge in [0.25, 0.3) is 0 Å². The van der Waals surface area contributed by atoms with E-state index in [4.69, 9.17) is 4.74 Å². The molecular formula is C20H21BrN2O3. The summed E-state index contributed by atoms with van der Waals surface area (Å²) >= 11 is 3.34. The van der Waals surface area contributed by atoms with Gasteiger partial charge in [0.2, 0.25) is 5.91 Å². The number of ketones is 1. The first kappa shape index (κ1) is 18.6. The van der Waals surface area contributed by atoms with E-state index in [1.165, 1.54) is 0 Å². The molecule has 1 N–H and O–H groups in total. The van der Waals surface area contributed by atoms with E-state index < -0.39 is 0 Å². The summed E-state index contributed by atoms with van der Waals surface area (Å²) in [4.78, 5) is 26.6. The molecule has 0 radical (unpaired) electrons. The van der Waals surface area contributed by atoms with E-state index >= 15 is 0 Å². The van der Waals surface area contributed by atoms with Crippen LogP contribution in [0.1, 0.15) is 23.2 Å². The Morgan fingerprint density at radius 2 is 1.77 bits per heavy atom. The molecule has 0 bridgehead atoms. The first-order valence-corrected chi connectivity index (χ1v) is 9.42. The standard InChI is InChI=1S/C20H21BrN2O3/c21-16-6-4-15(5-7-16)19(24)8-9-20(25)22-17-2-1-3-18(14-17)23-10-12-26-13-11-23/h1-7,14H,8-13H2,(H,22,25). The van der Waals surface area contributed by atoms with Crippen molar-refractivity contribution >= 4 is 39.0 Å². The van der Waals surface area contributed by atoms with Crippen molar-refractivity contribution in [2.75, 3.05) is 36.5 Å². The predicted molar refractivity (Wildman–Crippen MR) is 106 cm³/mol. The first-order valence-electron chi connectivity index (χ1n) is 8.63. The SMILES string of the molecule is O=C(CCC(=O)c1ccc(Br)cc1)Nc1cccc(N2CCOCC2)c1. The molecule has 0 aromatic heterocycles. The lowest BCUT2D eigenvalue weighted by molar-refractivity contribution is -0.116. The second-order valence-electron chi connectivity index (χ2n) is 6.13. The fraction of sp³-hybridized carbons (Fsp3) is 0.300. The molecule has 1 aliphatic heterocycles. The molecule has 1 saturated heterocycles. The van der Waals surface area contributed by atoms with Crippen molar-refractivity contribution in [2.45, 2.75) is 12.8 Å². The van der Waals surface area contributed by atoms with Gasteiger partial charge in [0, 0.05) is 47.3 Å². The van der Waals surface area contributed by atoms with Crippen LogP contribution in [0.25, 0.3) is 0 Å². The fourth-order valence-corrected chi connectivity index (χ4v) is 3.10. The molecule has 1 amide bonds. The van der Waals surface area contributed by atoms with Crippen molar-refractivity contribution < 1.29 is 14.3 Å². The molecule has 0 saturated carbocycles. The summed E-state index contributed by atoms with van der Waals surface area (Å²) in [6.07, 6.45) is 0.354. The highest BCUT2D eigenvalue weighted by Crippen LogP contribution is 2.21. The summed E-state index contributed by atoms with van der Waals surface area (Å²) in [5.74, 6) is -0.190. The third-order valence-electron chi connectivity index (χ3n) is 4.25. The van der Waals surface area contributed by atoms with Gasteiger partial charge in [-0.1, -0.05) is 34.1 Å². The van der Waals surface area contributed by atoms with E-state index in [1.54, 1.807) is 12.1 Å². The number of hydrogen-bond donors (Lipinski definition) is 1. The van der Waals surface area contributed by atoms with E-state index in [0.29, 0.717) is 5.56 Å². The smallest absolute Gasteiger partial charge is 0.224 e. The quantitative estimate of drug-likeness (QED) is 0.725. The van der Waals surface area contributed by atoms with Gasteiger partial charge < -0.3 is 15.0 Å². The van der Waals surface area contributed by atoms with Gasteiger partial charge in [-0.15, -0.1) is 0 Å². The lowest BCUT2D eigenvalue weighted by Crippen LogP contribution is -2.36. The molecule has 2 aromatic carbocycles. The third kappa shape index (κ3) is 5.16. The van der Waals surface area contributed by atoms with Crippen LogP contribution in [0.15, 0.2) is 53.0 Å². The maximum absolute atomic E-state index is 12.2. The summed E-state index contributed by atoms with van der Waals surface area (Å²) in [5.41, 5.74) is 2.43. The summed E-state index contributed by atoms with van der Waals surface area (Å²) in [6.45, 7) is 3.13. The minimum atomic E-state index is -0.158. The first-order chi connectivity index (χ1) is 12.6. The van der Waals surface area contributed by atoms with Gasteiger partial charge in [0.15, 0.2) is 5.78 Å². The van der Waals surface area contributed by atoms with Gasteiger partial charge in [-0.3, -0.25) is 9.59 Å². The highest BCUT2D eigenvalue weighted by molar-refractivity contribution is 9.10. The van der Waals surface area contributed by atoms with Crippen molar-refractivity contribution in [1.82, 2.24) is 0 Å². The van der Waals surface area contributed by atoms with Gasteiger partial charge >= 0.3 is 0 Å². The van der Waals surface area contributed by atoms with Crippen LogP contribution in [-0.4, -0.2) is 38.0 Å². The molecule has 0 unspecified atom stereocenters. The molecule has 1 aliphatic rings. The maximum Gasteiger partial charge on any atom is 0.224 e. The number of carbonyl (C=O) groups excluding carboxylic acids is 2. The zero-order valence-corrected chi connectivity index (χ0v) is 16.0. The summed E-state index contributed by atoms with van der Waals surface area (Å²) < 4.78 is 6.29. The Labute approximate surface area is 161 Å². The number of anilines is 2. The highest BCUT2D eigenvalue weighted by Gasteiger charge is 2.13. The maximum atomic E-state index is 12.2. The fourth-order valence-electron chi connectivity index (χ4n) is 2.83. The van der Waals surface area contributed by atoms with Crippen LogP contribution in [0.4, 0.5) is 11.4 Å². The Hall–Kier alpha value is -2.18. The van der Waals surface area contributed by atoms with Crippen LogP contribution in [0.3, 0.4) is 0 Å². The van der Waals surface area contributed by atoms with Crippen molar-refractivity contribution in [3.05, 3.63) is 58.6 Å². The number of rotatable bonds is 6. The van der Waals surface area contributed by atoms with Gasteiger partial charge in [0.05, 0.1) is 13.2 Å². The zero-order chi connectivity index (χ0) is 18.4. The molecule has 0 atom stereocenters. The number of amides is 1. The van der Waals surface area contributed by atoms with Crippen molar-refractivity contribution in [1.29, 1.82) is 0 Å². The largest absolute Gasteiger partial charge is 0.378 e. The van der Waals surface area contributed by atoms with E-state index in [2.05, 4.69) is 26.1 Å². The van der Waals surface area contributed by atoms with Gasteiger partial charge in [-0.25, -0.2) is 0 Å². The summed E-state index contributed by atoms with van der Waals surface area (Å²) in [6, 6.07) is 14.9. The van der Waals surface area contributed by atoms with Crippen LogP contribution in [0.5, 0.6) is 0 Å². The van der Waals surface area contributed by atoms with Crippen LogP contribution >= 0.6 is 15.9 Å². The molecule has 6 heteroatoms. The van der Waals surface area contributed by atoms with Crippen LogP contribution < -0.4 is 10.2 Å². The average Bonchev–Trinajstić information content (AvgIpc) is 2.67. The van der Waals surface area contributed by atoms with Crippen molar-refractivity contribution in [3.63, 3.8) is 0 Å². The molecule has 0 spiro atoms. The van der Waals surface area contributed by atoms with Crippen LogP contribution in [-0.2, 0) is 9.53 Å². The number of benzene rings is 2. The lowest BCUT2D eigenvalue weighted by atomic mass is 10.1. The van der Waals surface area contributed by atoms with Crippen molar-refractivity contribution in [2.24, 2.45) is 0 Å². The van der Waals surface area contributed by atoms with Crippen LogP contribution in [0.2, 0.25) is 0 Å². The van der Waals surface area contributed by atoms with Gasteiger partial charge in [-0.05, 0) is 30.3 Å². The zero-order valence-electron chi connectivity index (χ0n) is 14.4. The molecule has 136 valence electrons. The van der Waals surface area contributed by atoms with E-state index in [9.17, 15) is 9.59 Å². The van der Waals surface area contributed by atoms with E-state index in [-0.39, 0.29) is 24.5 Å². The molecule has 1 fully saturated rings.